The predicted molar refractivity (Wildman–Crippen MR) is 106 cm³/mol. The van der Waals surface area contributed by atoms with E-state index in [0.717, 1.165) is 5.69 Å². The minimum atomic E-state index is 0.00176. The summed E-state index contributed by atoms with van der Waals surface area (Å²) in [5.41, 5.74) is 5.64. The molecule has 3 heteroatoms. The van der Waals surface area contributed by atoms with Gasteiger partial charge in [0.15, 0.2) is 6.54 Å². The van der Waals surface area contributed by atoms with E-state index in [1.165, 1.54) is 22.3 Å². The number of nitrogens with two attached hydrogens (primary N) is 1. The van der Waals surface area contributed by atoms with E-state index in [0.29, 0.717) is 6.54 Å². The number of anilines is 1. The Bertz CT molecular complexity index is 840. The van der Waals surface area contributed by atoms with Gasteiger partial charge >= 0.3 is 0 Å². The maximum absolute atomic E-state index is 12.4. The zero-order valence-corrected chi connectivity index (χ0v) is 15.3. The summed E-state index contributed by atoms with van der Waals surface area (Å²) in [6, 6.07) is 26.8. The number of quaternary nitrogens is 1. The van der Waals surface area contributed by atoms with Crippen molar-refractivity contribution in [1.82, 2.24) is 0 Å². The minimum absolute atomic E-state index is 0.00176. The second-order valence-electron chi connectivity index (χ2n) is 6.65. The number of nitrogens with one attached hydrogen (secondary N) is 1. The topological polar surface area (TPSA) is 45.7 Å². The molecule has 0 spiro atoms. The summed E-state index contributed by atoms with van der Waals surface area (Å²) >= 11 is 0. The van der Waals surface area contributed by atoms with Crippen LogP contribution in [0, 0.1) is 13.8 Å². The van der Waals surface area contributed by atoms with Crippen LogP contribution in [0.1, 0.15) is 28.3 Å². The smallest absolute Gasteiger partial charge is 0.279 e. The van der Waals surface area contributed by atoms with Crippen molar-refractivity contribution in [3.8, 4) is 0 Å². The van der Waals surface area contributed by atoms with Crippen LogP contribution in [0.15, 0.2) is 78.9 Å². The molecule has 0 aliphatic rings. The number of hydrogen-bond donors (Lipinski definition) is 2. The number of rotatable bonds is 6. The Balaban J connectivity index is 1.70. The van der Waals surface area contributed by atoms with Gasteiger partial charge in [-0.3, -0.25) is 4.79 Å². The van der Waals surface area contributed by atoms with Crippen LogP contribution in [-0.4, -0.2) is 12.5 Å². The average molecular weight is 345 g/mol. The van der Waals surface area contributed by atoms with Gasteiger partial charge < -0.3 is 10.6 Å². The van der Waals surface area contributed by atoms with Gasteiger partial charge in [0.05, 0.1) is 0 Å². The van der Waals surface area contributed by atoms with E-state index in [1.54, 1.807) is 0 Å². The summed E-state index contributed by atoms with van der Waals surface area (Å²) in [5, 5.41) is 5.05. The minimum Gasteiger partial charge on any atom is -0.328 e. The number of benzene rings is 3. The zero-order chi connectivity index (χ0) is 18.4. The van der Waals surface area contributed by atoms with E-state index in [9.17, 15) is 4.79 Å². The third-order valence-electron chi connectivity index (χ3n) is 4.47. The average Bonchev–Trinajstić information content (AvgIpc) is 2.66. The third kappa shape index (κ3) is 4.80. The lowest BCUT2D eigenvalue weighted by molar-refractivity contribution is -0.676. The molecule has 0 aromatic heterocycles. The van der Waals surface area contributed by atoms with Crippen molar-refractivity contribution in [3.05, 3.63) is 101 Å². The number of aryl methyl sites for hydroxylation is 2. The molecule has 1 amide bonds. The van der Waals surface area contributed by atoms with Gasteiger partial charge in [-0.2, -0.15) is 0 Å². The fraction of sp³-hybridized carbons (Fsp3) is 0.174. The van der Waals surface area contributed by atoms with Crippen molar-refractivity contribution in [3.63, 3.8) is 0 Å². The Morgan fingerprint density at radius 2 is 1.35 bits per heavy atom. The van der Waals surface area contributed by atoms with Crippen LogP contribution in [0.25, 0.3) is 0 Å². The van der Waals surface area contributed by atoms with Crippen molar-refractivity contribution in [2.24, 2.45) is 0 Å². The van der Waals surface area contributed by atoms with E-state index in [-0.39, 0.29) is 11.9 Å². The number of carbonyl (C=O) groups excluding carboxylic acids is 1. The van der Waals surface area contributed by atoms with E-state index < -0.39 is 0 Å². The Hall–Kier alpha value is -2.91. The van der Waals surface area contributed by atoms with Crippen LogP contribution in [-0.2, 0) is 4.79 Å². The van der Waals surface area contributed by atoms with Gasteiger partial charge in [0.2, 0.25) is 0 Å². The van der Waals surface area contributed by atoms with Crippen LogP contribution in [0.5, 0.6) is 0 Å². The molecular weight excluding hydrogens is 320 g/mol. The van der Waals surface area contributed by atoms with Gasteiger partial charge in [-0.25, -0.2) is 0 Å². The van der Waals surface area contributed by atoms with Crippen LogP contribution < -0.4 is 10.6 Å². The Kier molecular flexibility index (Phi) is 5.82. The van der Waals surface area contributed by atoms with Crippen LogP contribution in [0.3, 0.4) is 0 Å². The molecule has 3 aromatic rings. The fourth-order valence-electron chi connectivity index (χ4n) is 2.97. The van der Waals surface area contributed by atoms with Gasteiger partial charge in [0.25, 0.3) is 5.91 Å². The SMILES string of the molecule is Cc1ccc(NC(=O)C[NH2+][C@@H](c2ccccc2)c2ccc(C)cc2)cc1. The molecule has 0 fully saturated rings. The first-order valence-corrected chi connectivity index (χ1v) is 8.93. The highest BCUT2D eigenvalue weighted by molar-refractivity contribution is 5.91. The summed E-state index contributed by atoms with van der Waals surface area (Å²) in [6.45, 7) is 4.48. The number of hydrogen-bond acceptors (Lipinski definition) is 1. The molecule has 3 N–H and O–H groups in total. The monoisotopic (exact) mass is 345 g/mol. The van der Waals surface area contributed by atoms with Crippen LogP contribution >= 0.6 is 0 Å². The normalized spacial score (nSPS) is 11.8. The molecule has 132 valence electrons. The van der Waals surface area contributed by atoms with E-state index >= 15 is 0 Å². The molecule has 26 heavy (non-hydrogen) atoms. The molecule has 0 saturated heterocycles. The molecular formula is C23H25N2O+. The van der Waals surface area contributed by atoms with Crippen molar-refractivity contribution < 1.29 is 10.1 Å². The molecule has 3 nitrogen and oxygen atoms in total. The van der Waals surface area contributed by atoms with E-state index in [2.05, 4.69) is 54.0 Å². The fourth-order valence-corrected chi connectivity index (χ4v) is 2.97. The highest BCUT2D eigenvalue weighted by Crippen LogP contribution is 2.18. The molecule has 0 aliphatic heterocycles. The van der Waals surface area contributed by atoms with Crippen molar-refractivity contribution >= 4 is 11.6 Å². The summed E-state index contributed by atoms with van der Waals surface area (Å²) in [7, 11) is 0. The zero-order valence-electron chi connectivity index (χ0n) is 15.3. The first-order chi connectivity index (χ1) is 12.6. The molecule has 0 bridgehead atoms. The molecule has 0 unspecified atom stereocenters. The van der Waals surface area contributed by atoms with Crippen molar-refractivity contribution in [1.29, 1.82) is 0 Å². The van der Waals surface area contributed by atoms with Crippen molar-refractivity contribution in [2.45, 2.75) is 19.9 Å². The largest absolute Gasteiger partial charge is 0.328 e. The van der Waals surface area contributed by atoms with E-state index in [1.807, 2.05) is 49.4 Å². The number of amides is 1. The standard InChI is InChI=1S/C23H24N2O/c1-17-8-12-20(13-9-17)23(19-6-4-3-5-7-19)24-16-22(26)25-21-14-10-18(2)11-15-21/h3-15,23-24H,16H2,1-2H3,(H,25,26)/p+1/t23-/m0/s1. The van der Waals surface area contributed by atoms with E-state index in [4.69, 9.17) is 0 Å². The van der Waals surface area contributed by atoms with Crippen molar-refractivity contribution in [2.75, 3.05) is 11.9 Å². The highest BCUT2D eigenvalue weighted by atomic mass is 16.1. The molecule has 1 atom stereocenters. The first kappa shape index (κ1) is 17.9. The molecule has 3 rings (SSSR count). The third-order valence-corrected chi connectivity index (χ3v) is 4.47. The van der Waals surface area contributed by atoms with Gasteiger partial charge in [0, 0.05) is 16.8 Å². The van der Waals surface area contributed by atoms with Gasteiger partial charge in [-0.05, 0) is 26.0 Å². The summed E-state index contributed by atoms with van der Waals surface area (Å²) in [4.78, 5) is 12.4. The summed E-state index contributed by atoms with van der Waals surface area (Å²) in [6.07, 6.45) is 0. The maximum Gasteiger partial charge on any atom is 0.279 e. The lowest BCUT2D eigenvalue weighted by atomic mass is 9.98. The Labute approximate surface area is 155 Å². The predicted octanol–water partition coefficient (Wildman–Crippen LogP) is 3.59. The van der Waals surface area contributed by atoms with Crippen LogP contribution in [0.2, 0.25) is 0 Å². The summed E-state index contributed by atoms with van der Waals surface area (Å²) < 4.78 is 0. The summed E-state index contributed by atoms with van der Waals surface area (Å²) in [5.74, 6) is 0.00176. The highest BCUT2D eigenvalue weighted by Gasteiger charge is 2.18. The second kappa shape index (κ2) is 8.45. The Morgan fingerprint density at radius 1 is 0.808 bits per heavy atom. The first-order valence-electron chi connectivity index (χ1n) is 8.93. The van der Waals surface area contributed by atoms with Gasteiger partial charge in [0.1, 0.15) is 6.04 Å². The van der Waals surface area contributed by atoms with Crippen LogP contribution in [0.4, 0.5) is 5.69 Å². The van der Waals surface area contributed by atoms with Gasteiger partial charge in [-0.1, -0.05) is 77.9 Å². The molecule has 0 heterocycles. The lowest BCUT2D eigenvalue weighted by Gasteiger charge is -2.17. The lowest BCUT2D eigenvalue weighted by Crippen LogP contribution is -2.87. The number of carbonyl (C=O) groups is 1. The molecule has 3 aromatic carbocycles. The molecule has 0 saturated carbocycles. The second-order valence-corrected chi connectivity index (χ2v) is 6.65. The maximum atomic E-state index is 12.4. The Morgan fingerprint density at radius 3 is 1.96 bits per heavy atom. The quantitative estimate of drug-likeness (QED) is 0.704. The molecule has 0 radical (unpaired) electrons. The molecule has 0 aliphatic carbocycles. The van der Waals surface area contributed by atoms with Gasteiger partial charge in [-0.15, -0.1) is 0 Å².